The van der Waals surface area contributed by atoms with Crippen molar-refractivity contribution in [2.75, 3.05) is 26.7 Å². The molecule has 3 nitrogen and oxygen atoms in total. The van der Waals surface area contributed by atoms with Crippen molar-refractivity contribution in [3.8, 4) is 0 Å². The van der Waals surface area contributed by atoms with E-state index in [4.69, 9.17) is 0 Å². The molecule has 0 aromatic rings. The van der Waals surface area contributed by atoms with Crippen LogP contribution in [-0.2, 0) is 0 Å². The third kappa shape index (κ3) is 1.79. The molecule has 1 aliphatic carbocycles. The van der Waals surface area contributed by atoms with Crippen LogP contribution in [0, 0.1) is 0 Å². The molecule has 1 saturated heterocycles. The molecule has 0 bridgehead atoms. The average Bonchev–Trinajstić information content (AvgIpc) is 2.62. The molecule has 2 rings (SSSR count). The van der Waals surface area contributed by atoms with E-state index < -0.39 is 0 Å². The zero-order valence-corrected chi connectivity index (χ0v) is 7.71. The first-order valence-corrected chi connectivity index (χ1v) is 4.83. The predicted molar refractivity (Wildman–Crippen MR) is 48.1 cm³/mol. The second kappa shape index (κ2) is 2.98. The summed E-state index contributed by atoms with van der Waals surface area (Å²) in [6.45, 7) is 3.28. The molecule has 12 heavy (non-hydrogen) atoms. The van der Waals surface area contributed by atoms with E-state index >= 15 is 0 Å². The van der Waals surface area contributed by atoms with Crippen LogP contribution in [0.1, 0.15) is 19.3 Å². The number of nitrogens with one attached hydrogen (secondary N) is 1. The average molecular weight is 170 g/mol. The van der Waals surface area contributed by atoms with E-state index in [-0.39, 0.29) is 5.60 Å². The zero-order valence-electron chi connectivity index (χ0n) is 7.71. The van der Waals surface area contributed by atoms with E-state index in [1.165, 1.54) is 0 Å². The lowest BCUT2D eigenvalue weighted by atomic mass is 10.1. The molecule has 70 valence electrons. The number of hydrogen-bond acceptors (Lipinski definition) is 3. The van der Waals surface area contributed by atoms with Gasteiger partial charge in [-0.05, 0) is 26.3 Å². The van der Waals surface area contributed by atoms with Gasteiger partial charge in [-0.1, -0.05) is 0 Å². The van der Waals surface area contributed by atoms with Gasteiger partial charge in [0.25, 0.3) is 0 Å². The topological polar surface area (TPSA) is 35.5 Å². The fourth-order valence-corrected chi connectivity index (χ4v) is 1.55. The third-order valence-electron chi connectivity index (χ3n) is 3.14. The minimum Gasteiger partial charge on any atom is -0.390 e. The van der Waals surface area contributed by atoms with Crippen LogP contribution in [0.5, 0.6) is 0 Å². The molecular weight excluding hydrogens is 152 g/mol. The second-order valence-corrected chi connectivity index (χ2v) is 4.27. The lowest BCUT2D eigenvalue weighted by Gasteiger charge is -2.36. The Kier molecular flexibility index (Phi) is 2.10. The standard InChI is InChI=1S/C9H18N2O/c1-11(8-6-10-7-8)5-4-9(12)2-3-9/h8,10,12H,2-7H2,1H3. The van der Waals surface area contributed by atoms with Crippen LogP contribution in [-0.4, -0.2) is 48.3 Å². The predicted octanol–water partition coefficient (Wildman–Crippen LogP) is -0.195. The molecule has 2 fully saturated rings. The quantitative estimate of drug-likeness (QED) is 0.613. The van der Waals surface area contributed by atoms with Crippen molar-refractivity contribution in [1.29, 1.82) is 0 Å². The summed E-state index contributed by atoms with van der Waals surface area (Å²) in [5.41, 5.74) is -0.272. The van der Waals surface area contributed by atoms with E-state index in [1.54, 1.807) is 0 Å². The number of rotatable bonds is 4. The normalized spacial score (nSPS) is 27.2. The first-order valence-electron chi connectivity index (χ1n) is 4.83. The van der Waals surface area contributed by atoms with Crippen molar-refractivity contribution in [1.82, 2.24) is 10.2 Å². The lowest BCUT2D eigenvalue weighted by Crippen LogP contribution is -2.56. The Hall–Kier alpha value is -0.120. The van der Waals surface area contributed by atoms with Crippen LogP contribution >= 0.6 is 0 Å². The van der Waals surface area contributed by atoms with Crippen molar-refractivity contribution in [3.63, 3.8) is 0 Å². The van der Waals surface area contributed by atoms with Crippen molar-refractivity contribution in [3.05, 3.63) is 0 Å². The smallest absolute Gasteiger partial charge is 0.0662 e. The first-order chi connectivity index (χ1) is 5.70. The molecule has 3 heteroatoms. The summed E-state index contributed by atoms with van der Waals surface area (Å²) >= 11 is 0. The van der Waals surface area contributed by atoms with Gasteiger partial charge in [0, 0.05) is 25.7 Å². The first kappa shape index (κ1) is 8.48. The minimum atomic E-state index is -0.272. The number of hydrogen-bond donors (Lipinski definition) is 2. The molecule has 0 aromatic carbocycles. The highest BCUT2D eigenvalue weighted by Crippen LogP contribution is 2.38. The highest BCUT2D eigenvalue weighted by molar-refractivity contribution is 4.94. The van der Waals surface area contributed by atoms with Crippen LogP contribution < -0.4 is 5.32 Å². The van der Waals surface area contributed by atoms with Gasteiger partial charge in [-0.15, -0.1) is 0 Å². The van der Waals surface area contributed by atoms with Crippen LogP contribution in [0.4, 0.5) is 0 Å². The van der Waals surface area contributed by atoms with Gasteiger partial charge < -0.3 is 15.3 Å². The third-order valence-corrected chi connectivity index (χ3v) is 3.14. The molecule has 1 heterocycles. The van der Waals surface area contributed by atoms with E-state index in [1.807, 2.05) is 0 Å². The Morgan fingerprint density at radius 3 is 2.58 bits per heavy atom. The molecule has 0 amide bonds. The number of nitrogens with zero attached hydrogens (tertiary/aromatic N) is 1. The van der Waals surface area contributed by atoms with Gasteiger partial charge in [-0.3, -0.25) is 0 Å². The van der Waals surface area contributed by atoms with Gasteiger partial charge in [0.05, 0.1) is 5.60 Å². The molecule has 2 aliphatic rings. The van der Waals surface area contributed by atoms with Gasteiger partial charge >= 0.3 is 0 Å². The molecule has 0 aromatic heterocycles. The van der Waals surface area contributed by atoms with Gasteiger partial charge in [-0.25, -0.2) is 0 Å². The van der Waals surface area contributed by atoms with E-state index in [0.29, 0.717) is 6.04 Å². The fraction of sp³-hybridized carbons (Fsp3) is 1.00. The maximum absolute atomic E-state index is 9.61. The lowest BCUT2D eigenvalue weighted by molar-refractivity contribution is 0.104. The van der Waals surface area contributed by atoms with E-state index in [9.17, 15) is 5.11 Å². The Morgan fingerprint density at radius 1 is 1.50 bits per heavy atom. The Morgan fingerprint density at radius 2 is 2.17 bits per heavy atom. The highest BCUT2D eigenvalue weighted by atomic mass is 16.3. The minimum absolute atomic E-state index is 0.272. The van der Waals surface area contributed by atoms with E-state index in [2.05, 4.69) is 17.3 Å². The zero-order chi connectivity index (χ0) is 8.60. The van der Waals surface area contributed by atoms with Gasteiger partial charge in [0.2, 0.25) is 0 Å². The van der Waals surface area contributed by atoms with Crippen LogP contribution in [0.25, 0.3) is 0 Å². The summed E-state index contributed by atoms with van der Waals surface area (Å²) in [4.78, 5) is 2.35. The molecule has 0 spiro atoms. The molecular formula is C9H18N2O. The SMILES string of the molecule is CN(CCC1(O)CC1)C1CNC1. The monoisotopic (exact) mass is 170 g/mol. The Balaban J connectivity index is 1.64. The van der Waals surface area contributed by atoms with Crippen molar-refractivity contribution in [2.24, 2.45) is 0 Å². The summed E-state index contributed by atoms with van der Waals surface area (Å²) < 4.78 is 0. The molecule has 0 unspecified atom stereocenters. The van der Waals surface area contributed by atoms with Crippen LogP contribution in [0.15, 0.2) is 0 Å². The maximum Gasteiger partial charge on any atom is 0.0662 e. The summed E-state index contributed by atoms with van der Waals surface area (Å²) in [7, 11) is 2.15. The van der Waals surface area contributed by atoms with Gasteiger partial charge in [-0.2, -0.15) is 0 Å². The molecule has 0 radical (unpaired) electrons. The van der Waals surface area contributed by atoms with Crippen LogP contribution in [0.2, 0.25) is 0 Å². The molecule has 2 N–H and O–H groups in total. The largest absolute Gasteiger partial charge is 0.390 e. The number of aliphatic hydroxyl groups is 1. The maximum atomic E-state index is 9.61. The van der Waals surface area contributed by atoms with E-state index in [0.717, 1.165) is 38.9 Å². The molecule has 1 aliphatic heterocycles. The summed E-state index contributed by atoms with van der Waals surface area (Å²) in [5.74, 6) is 0. The summed E-state index contributed by atoms with van der Waals surface area (Å²) in [6.07, 6.45) is 2.99. The Labute approximate surface area is 73.8 Å². The van der Waals surface area contributed by atoms with Crippen molar-refractivity contribution >= 4 is 0 Å². The Bertz CT molecular complexity index is 164. The van der Waals surface area contributed by atoms with Crippen molar-refractivity contribution in [2.45, 2.75) is 30.9 Å². The highest BCUT2D eigenvalue weighted by Gasteiger charge is 2.40. The number of likely N-dealkylation sites (N-methyl/N-ethyl adjacent to an activating group) is 1. The second-order valence-electron chi connectivity index (χ2n) is 4.27. The van der Waals surface area contributed by atoms with Gasteiger partial charge in [0.15, 0.2) is 0 Å². The molecule has 1 saturated carbocycles. The summed E-state index contributed by atoms with van der Waals surface area (Å²) in [5, 5.41) is 12.9. The van der Waals surface area contributed by atoms with Crippen molar-refractivity contribution < 1.29 is 5.11 Å². The summed E-state index contributed by atoms with van der Waals surface area (Å²) in [6, 6.07) is 0.715. The fourth-order valence-electron chi connectivity index (χ4n) is 1.55. The molecule has 0 atom stereocenters. The van der Waals surface area contributed by atoms with Crippen LogP contribution in [0.3, 0.4) is 0 Å². The van der Waals surface area contributed by atoms with Gasteiger partial charge in [0.1, 0.15) is 0 Å².